The smallest absolute Gasteiger partial charge is 0.278 e. The van der Waals surface area contributed by atoms with Crippen LogP contribution in [0.1, 0.15) is 44.5 Å². The Morgan fingerprint density at radius 2 is 2.07 bits per heavy atom. The van der Waals surface area contributed by atoms with Gasteiger partial charge in [-0.3, -0.25) is 13.8 Å². The van der Waals surface area contributed by atoms with Gasteiger partial charge in [0.15, 0.2) is 0 Å². The molecule has 0 aliphatic heterocycles. The van der Waals surface area contributed by atoms with E-state index in [4.69, 9.17) is 4.52 Å². The number of rotatable bonds is 4. The number of benzene rings is 1. The van der Waals surface area contributed by atoms with Crippen LogP contribution in [0, 0.1) is 5.82 Å². The molecule has 1 atom stereocenters. The number of aliphatic hydroxyl groups is 2. The van der Waals surface area contributed by atoms with E-state index >= 15 is 0 Å². The lowest BCUT2D eigenvalue weighted by Crippen LogP contribution is -2.27. The molecule has 156 valence electrons. The Labute approximate surface area is 169 Å². The van der Waals surface area contributed by atoms with E-state index in [2.05, 4.69) is 15.1 Å². The lowest BCUT2D eigenvalue weighted by molar-refractivity contribution is 0.0112. The molecule has 1 saturated carbocycles. The molecule has 0 saturated heterocycles. The van der Waals surface area contributed by atoms with E-state index in [1.807, 2.05) is 0 Å². The van der Waals surface area contributed by atoms with Gasteiger partial charge >= 0.3 is 0 Å². The number of aromatic nitrogens is 5. The van der Waals surface area contributed by atoms with Crippen molar-refractivity contribution in [2.45, 2.75) is 44.2 Å². The second-order valence-corrected chi connectivity index (χ2v) is 7.81. The van der Waals surface area contributed by atoms with Crippen LogP contribution in [0.4, 0.5) is 4.39 Å². The largest absolute Gasteiger partial charge is 0.394 e. The van der Waals surface area contributed by atoms with Crippen LogP contribution >= 0.6 is 0 Å². The van der Waals surface area contributed by atoms with E-state index in [1.54, 1.807) is 17.4 Å². The van der Waals surface area contributed by atoms with Crippen molar-refractivity contribution in [3.8, 4) is 11.5 Å². The fourth-order valence-corrected chi connectivity index (χ4v) is 4.22. The van der Waals surface area contributed by atoms with Crippen LogP contribution in [0.25, 0.3) is 28.1 Å². The van der Waals surface area contributed by atoms with Crippen LogP contribution in [0.15, 0.2) is 33.8 Å². The van der Waals surface area contributed by atoms with Gasteiger partial charge < -0.3 is 14.7 Å². The minimum Gasteiger partial charge on any atom is -0.394 e. The molecule has 2 N–H and O–H groups in total. The lowest BCUT2D eigenvalue weighted by atomic mass is 10.0. The van der Waals surface area contributed by atoms with Crippen molar-refractivity contribution in [1.29, 1.82) is 0 Å². The Morgan fingerprint density at radius 3 is 2.80 bits per heavy atom. The number of halogens is 1. The first kappa shape index (κ1) is 18.9. The van der Waals surface area contributed by atoms with Gasteiger partial charge in [-0.25, -0.2) is 9.37 Å². The zero-order chi connectivity index (χ0) is 21.0. The normalized spacial score (nSPS) is 17.2. The molecule has 0 spiro atoms. The number of imidazole rings is 1. The van der Waals surface area contributed by atoms with Gasteiger partial charge in [-0.05, 0) is 50.8 Å². The molecule has 1 fully saturated rings. The Kier molecular flexibility index (Phi) is 4.23. The Bertz CT molecular complexity index is 1320. The molecule has 0 bridgehead atoms. The van der Waals surface area contributed by atoms with Crippen molar-refractivity contribution in [1.82, 2.24) is 24.1 Å². The maximum absolute atomic E-state index is 13.9. The third-order valence-corrected chi connectivity index (χ3v) is 5.82. The predicted molar refractivity (Wildman–Crippen MR) is 104 cm³/mol. The Hall–Kier alpha value is -3.11. The molecule has 3 aromatic heterocycles. The molecule has 0 amide bonds. The summed E-state index contributed by atoms with van der Waals surface area (Å²) in [6.07, 6.45) is 4.26. The van der Waals surface area contributed by atoms with Crippen molar-refractivity contribution in [2.75, 3.05) is 6.61 Å². The van der Waals surface area contributed by atoms with Crippen molar-refractivity contribution in [3.05, 3.63) is 46.6 Å². The van der Waals surface area contributed by atoms with Gasteiger partial charge in [0, 0.05) is 0 Å². The summed E-state index contributed by atoms with van der Waals surface area (Å²) in [5.74, 6) is -0.286. The summed E-state index contributed by atoms with van der Waals surface area (Å²) in [4.78, 5) is 22.0. The minimum atomic E-state index is -1.16. The summed E-state index contributed by atoms with van der Waals surface area (Å²) in [7, 11) is 0. The van der Waals surface area contributed by atoms with Crippen molar-refractivity contribution < 1.29 is 19.1 Å². The molecule has 1 aliphatic rings. The van der Waals surface area contributed by atoms with Crippen molar-refractivity contribution >= 4 is 16.6 Å². The molecule has 1 aliphatic carbocycles. The first-order valence-electron chi connectivity index (χ1n) is 9.81. The Balaban J connectivity index is 1.77. The second kappa shape index (κ2) is 6.71. The summed E-state index contributed by atoms with van der Waals surface area (Å²) in [5, 5.41) is 24.3. The van der Waals surface area contributed by atoms with Crippen molar-refractivity contribution in [3.63, 3.8) is 0 Å². The zero-order valence-corrected chi connectivity index (χ0v) is 16.2. The molecule has 1 aromatic carbocycles. The van der Waals surface area contributed by atoms with Crippen LogP contribution in [0.2, 0.25) is 0 Å². The fraction of sp³-hybridized carbons (Fsp3) is 0.400. The predicted octanol–water partition coefficient (Wildman–Crippen LogP) is 2.15. The van der Waals surface area contributed by atoms with Gasteiger partial charge in [-0.2, -0.15) is 4.98 Å². The molecule has 0 radical (unpaired) electrons. The molecular formula is C20H20FN5O4. The summed E-state index contributed by atoms with van der Waals surface area (Å²) in [6, 6.07) is 3.51. The highest BCUT2D eigenvalue weighted by molar-refractivity contribution is 5.83. The van der Waals surface area contributed by atoms with E-state index in [-0.39, 0.29) is 29.5 Å². The van der Waals surface area contributed by atoms with Crippen LogP contribution in [-0.2, 0) is 5.60 Å². The standard InChI is InChI=1S/C20H20FN5O4/c1-11(9-27)26-14-8-12(21)4-5-13(14)25-10-22-15(16(25)18(26)28)17-23-19(30-24-17)20(29)6-2-3-7-20/h4-5,8,10-11,27,29H,2-3,6-7,9H2,1H3. The maximum atomic E-state index is 13.9. The summed E-state index contributed by atoms with van der Waals surface area (Å²) in [5.41, 5.74) is -0.360. The minimum absolute atomic E-state index is 0.0922. The summed E-state index contributed by atoms with van der Waals surface area (Å²) in [6.45, 7) is 1.37. The van der Waals surface area contributed by atoms with E-state index < -0.39 is 23.0 Å². The molecule has 5 rings (SSSR count). The maximum Gasteiger partial charge on any atom is 0.278 e. The monoisotopic (exact) mass is 413 g/mol. The lowest BCUT2D eigenvalue weighted by Gasteiger charge is -2.17. The second-order valence-electron chi connectivity index (χ2n) is 7.81. The summed E-state index contributed by atoms with van der Waals surface area (Å²) >= 11 is 0. The van der Waals surface area contributed by atoms with E-state index in [9.17, 15) is 19.4 Å². The summed E-state index contributed by atoms with van der Waals surface area (Å²) < 4.78 is 22.1. The van der Waals surface area contributed by atoms with Gasteiger partial charge in [0.25, 0.3) is 11.4 Å². The fourth-order valence-electron chi connectivity index (χ4n) is 4.22. The first-order valence-corrected chi connectivity index (χ1v) is 9.81. The highest BCUT2D eigenvalue weighted by Gasteiger charge is 2.39. The van der Waals surface area contributed by atoms with Crippen LogP contribution < -0.4 is 5.56 Å². The molecule has 30 heavy (non-hydrogen) atoms. The Morgan fingerprint density at radius 1 is 1.30 bits per heavy atom. The van der Waals surface area contributed by atoms with Gasteiger partial charge in [0.2, 0.25) is 5.82 Å². The molecular weight excluding hydrogens is 393 g/mol. The van der Waals surface area contributed by atoms with Crippen LogP contribution in [0.3, 0.4) is 0 Å². The molecule has 10 heteroatoms. The topological polar surface area (TPSA) is 119 Å². The first-order chi connectivity index (χ1) is 14.4. The number of aliphatic hydroxyl groups excluding tert-OH is 1. The number of hydrogen-bond acceptors (Lipinski definition) is 7. The molecule has 9 nitrogen and oxygen atoms in total. The third-order valence-electron chi connectivity index (χ3n) is 5.82. The number of hydrogen-bond donors (Lipinski definition) is 2. The molecule has 3 heterocycles. The van der Waals surface area contributed by atoms with Crippen LogP contribution in [0.5, 0.6) is 0 Å². The van der Waals surface area contributed by atoms with Gasteiger partial charge in [-0.15, -0.1) is 0 Å². The highest BCUT2D eigenvalue weighted by atomic mass is 19.1. The van der Waals surface area contributed by atoms with Crippen LogP contribution in [-0.4, -0.2) is 40.9 Å². The molecule has 1 unspecified atom stereocenters. The quantitative estimate of drug-likeness (QED) is 0.526. The molecule has 4 aromatic rings. The van der Waals surface area contributed by atoms with E-state index in [1.165, 1.54) is 23.0 Å². The average molecular weight is 413 g/mol. The third kappa shape index (κ3) is 2.67. The van der Waals surface area contributed by atoms with Gasteiger partial charge in [0.05, 0.1) is 23.7 Å². The van der Waals surface area contributed by atoms with Gasteiger partial charge in [-0.1, -0.05) is 5.16 Å². The SMILES string of the molecule is CC(CO)n1c(=O)c2c(-c3noc(C4(O)CCCC4)n3)ncn2c2ccc(F)cc21. The average Bonchev–Trinajstić information content (AvgIpc) is 3.47. The van der Waals surface area contributed by atoms with E-state index in [0.717, 1.165) is 12.8 Å². The van der Waals surface area contributed by atoms with E-state index in [0.29, 0.717) is 23.9 Å². The highest BCUT2D eigenvalue weighted by Crippen LogP contribution is 2.38. The van der Waals surface area contributed by atoms with Crippen molar-refractivity contribution in [2.24, 2.45) is 0 Å². The van der Waals surface area contributed by atoms with Gasteiger partial charge in [0.1, 0.15) is 29.0 Å². The number of nitrogens with zero attached hydrogens (tertiary/aromatic N) is 5. The zero-order valence-electron chi connectivity index (χ0n) is 16.2. The number of fused-ring (bicyclic) bond motifs is 3.